The first kappa shape index (κ1) is 8.87. The maximum atomic E-state index is 12.9. The fraction of sp³-hybridized carbons (Fsp3) is 0.200. The third-order valence-corrected chi connectivity index (χ3v) is 2.00. The third-order valence-electron chi connectivity index (χ3n) is 2.00. The summed E-state index contributed by atoms with van der Waals surface area (Å²) in [6.07, 6.45) is 3.14. The number of aryl methyl sites for hydroxylation is 1. The highest BCUT2D eigenvalue weighted by Gasteiger charge is 2.05. The Bertz CT molecular complexity index is 436. The quantitative estimate of drug-likeness (QED) is 0.727. The lowest BCUT2D eigenvalue weighted by atomic mass is 10.2. The number of pyridine rings is 1. The van der Waals surface area contributed by atoms with Crippen LogP contribution in [0.3, 0.4) is 0 Å². The molecule has 0 fully saturated rings. The van der Waals surface area contributed by atoms with Gasteiger partial charge in [0.2, 0.25) is 0 Å². The van der Waals surface area contributed by atoms with Gasteiger partial charge in [-0.05, 0) is 19.1 Å². The zero-order chi connectivity index (χ0) is 9.97. The van der Waals surface area contributed by atoms with Gasteiger partial charge in [-0.1, -0.05) is 0 Å². The van der Waals surface area contributed by atoms with Crippen molar-refractivity contribution in [3.05, 3.63) is 36.4 Å². The Morgan fingerprint density at radius 1 is 1.36 bits per heavy atom. The van der Waals surface area contributed by atoms with Gasteiger partial charge in [0.25, 0.3) is 0 Å². The molecule has 0 radical (unpaired) electrons. The van der Waals surface area contributed by atoms with E-state index in [1.54, 1.807) is 10.9 Å². The molecular formula is C10H10FN3. The Morgan fingerprint density at radius 2 is 2.21 bits per heavy atom. The number of nitrogens with zero attached hydrogens (tertiary/aromatic N) is 3. The van der Waals surface area contributed by atoms with Gasteiger partial charge in [0.05, 0.1) is 11.4 Å². The summed E-state index contributed by atoms with van der Waals surface area (Å²) >= 11 is 0. The van der Waals surface area contributed by atoms with Crippen molar-refractivity contribution in [2.45, 2.75) is 13.5 Å². The Morgan fingerprint density at radius 3 is 2.93 bits per heavy atom. The van der Waals surface area contributed by atoms with Gasteiger partial charge in [-0.3, -0.25) is 9.67 Å². The molecule has 0 saturated carbocycles. The Balaban J connectivity index is 2.49. The summed E-state index contributed by atoms with van der Waals surface area (Å²) in [5.74, 6) is -0.279. The number of rotatable bonds is 2. The molecule has 14 heavy (non-hydrogen) atoms. The highest BCUT2D eigenvalue weighted by molar-refractivity contribution is 5.53. The molecule has 3 nitrogen and oxygen atoms in total. The minimum atomic E-state index is -0.279. The first-order valence-electron chi connectivity index (χ1n) is 4.45. The van der Waals surface area contributed by atoms with Crippen molar-refractivity contribution in [1.82, 2.24) is 14.8 Å². The van der Waals surface area contributed by atoms with Crippen LogP contribution in [-0.2, 0) is 6.54 Å². The second kappa shape index (κ2) is 3.57. The molecule has 0 saturated heterocycles. The number of hydrogen-bond acceptors (Lipinski definition) is 2. The number of aromatic nitrogens is 3. The minimum Gasteiger partial charge on any atom is -0.264 e. The summed E-state index contributed by atoms with van der Waals surface area (Å²) in [7, 11) is 0. The SMILES string of the molecule is CCn1nccc1-c1cc(F)ccn1. The van der Waals surface area contributed by atoms with E-state index in [4.69, 9.17) is 0 Å². The molecule has 4 heteroatoms. The van der Waals surface area contributed by atoms with E-state index < -0.39 is 0 Å². The highest BCUT2D eigenvalue weighted by Crippen LogP contribution is 2.16. The molecule has 0 N–H and O–H groups in total. The maximum Gasteiger partial charge on any atom is 0.126 e. The van der Waals surface area contributed by atoms with Crippen LogP contribution < -0.4 is 0 Å². The van der Waals surface area contributed by atoms with Crippen molar-refractivity contribution < 1.29 is 4.39 Å². The molecule has 0 amide bonds. The minimum absolute atomic E-state index is 0.279. The maximum absolute atomic E-state index is 12.9. The molecule has 2 aromatic heterocycles. The largest absolute Gasteiger partial charge is 0.264 e. The van der Waals surface area contributed by atoms with Gasteiger partial charge in [0, 0.05) is 25.0 Å². The zero-order valence-corrected chi connectivity index (χ0v) is 7.81. The molecular weight excluding hydrogens is 181 g/mol. The molecule has 0 atom stereocenters. The van der Waals surface area contributed by atoms with Gasteiger partial charge < -0.3 is 0 Å². The molecule has 0 aliphatic heterocycles. The smallest absolute Gasteiger partial charge is 0.126 e. The van der Waals surface area contributed by atoms with Crippen LogP contribution in [0, 0.1) is 5.82 Å². The summed E-state index contributed by atoms with van der Waals surface area (Å²) in [6, 6.07) is 4.56. The van der Waals surface area contributed by atoms with Gasteiger partial charge >= 0.3 is 0 Å². The molecule has 0 unspecified atom stereocenters. The predicted molar refractivity (Wildman–Crippen MR) is 51.1 cm³/mol. The average Bonchev–Trinajstić information content (AvgIpc) is 2.65. The van der Waals surface area contributed by atoms with Gasteiger partial charge in [-0.25, -0.2) is 4.39 Å². The van der Waals surface area contributed by atoms with Crippen LogP contribution in [0.15, 0.2) is 30.6 Å². The first-order valence-corrected chi connectivity index (χ1v) is 4.45. The number of hydrogen-bond donors (Lipinski definition) is 0. The van der Waals surface area contributed by atoms with Crippen LogP contribution >= 0.6 is 0 Å². The summed E-state index contributed by atoms with van der Waals surface area (Å²) < 4.78 is 14.7. The Hall–Kier alpha value is -1.71. The van der Waals surface area contributed by atoms with E-state index in [1.807, 2.05) is 13.0 Å². The molecule has 0 aliphatic rings. The topological polar surface area (TPSA) is 30.7 Å². The highest BCUT2D eigenvalue weighted by atomic mass is 19.1. The second-order valence-electron chi connectivity index (χ2n) is 2.89. The molecule has 0 spiro atoms. The van der Waals surface area contributed by atoms with Gasteiger partial charge in [-0.15, -0.1) is 0 Å². The zero-order valence-electron chi connectivity index (χ0n) is 7.81. The predicted octanol–water partition coefficient (Wildman–Crippen LogP) is 2.10. The van der Waals surface area contributed by atoms with Crippen molar-refractivity contribution >= 4 is 0 Å². The van der Waals surface area contributed by atoms with Crippen molar-refractivity contribution in [3.8, 4) is 11.4 Å². The number of halogens is 1. The second-order valence-corrected chi connectivity index (χ2v) is 2.89. The van der Waals surface area contributed by atoms with E-state index in [-0.39, 0.29) is 5.82 Å². The third kappa shape index (κ3) is 1.51. The van der Waals surface area contributed by atoms with Crippen LogP contribution in [0.5, 0.6) is 0 Å². The van der Waals surface area contributed by atoms with Crippen LogP contribution in [0.1, 0.15) is 6.92 Å². The monoisotopic (exact) mass is 191 g/mol. The van der Waals surface area contributed by atoms with Crippen LogP contribution in [0.4, 0.5) is 4.39 Å². The lowest BCUT2D eigenvalue weighted by Crippen LogP contribution is -1.99. The summed E-state index contributed by atoms with van der Waals surface area (Å²) in [5.41, 5.74) is 1.45. The lowest BCUT2D eigenvalue weighted by molar-refractivity contribution is 0.624. The van der Waals surface area contributed by atoms with Crippen molar-refractivity contribution in [3.63, 3.8) is 0 Å². The van der Waals surface area contributed by atoms with Crippen molar-refractivity contribution in [2.75, 3.05) is 0 Å². The Labute approximate surface area is 81.2 Å². The van der Waals surface area contributed by atoms with Crippen molar-refractivity contribution in [1.29, 1.82) is 0 Å². The van der Waals surface area contributed by atoms with E-state index in [0.717, 1.165) is 12.2 Å². The van der Waals surface area contributed by atoms with E-state index in [2.05, 4.69) is 10.1 Å². The van der Waals surface area contributed by atoms with E-state index in [0.29, 0.717) is 5.69 Å². The molecule has 0 aromatic carbocycles. The summed E-state index contributed by atoms with van der Waals surface area (Å²) in [5, 5.41) is 4.09. The molecule has 2 heterocycles. The first-order chi connectivity index (χ1) is 6.81. The lowest BCUT2D eigenvalue weighted by Gasteiger charge is -2.03. The van der Waals surface area contributed by atoms with Gasteiger partial charge in [0.1, 0.15) is 5.82 Å². The molecule has 2 aromatic rings. The summed E-state index contributed by atoms with van der Waals surface area (Å²) in [4.78, 5) is 4.09. The molecule has 72 valence electrons. The van der Waals surface area contributed by atoms with Crippen LogP contribution in [0.2, 0.25) is 0 Å². The average molecular weight is 191 g/mol. The van der Waals surface area contributed by atoms with E-state index in [9.17, 15) is 4.39 Å². The Kier molecular flexibility index (Phi) is 2.26. The van der Waals surface area contributed by atoms with Crippen LogP contribution in [0.25, 0.3) is 11.4 Å². The normalized spacial score (nSPS) is 10.4. The molecule has 0 aliphatic carbocycles. The van der Waals surface area contributed by atoms with Gasteiger partial charge in [-0.2, -0.15) is 5.10 Å². The molecule has 2 rings (SSSR count). The van der Waals surface area contributed by atoms with Gasteiger partial charge in [0.15, 0.2) is 0 Å². The fourth-order valence-corrected chi connectivity index (χ4v) is 1.35. The fourth-order valence-electron chi connectivity index (χ4n) is 1.35. The summed E-state index contributed by atoms with van der Waals surface area (Å²) in [6.45, 7) is 2.73. The van der Waals surface area contributed by atoms with E-state index >= 15 is 0 Å². The van der Waals surface area contributed by atoms with Crippen molar-refractivity contribution in [2.24, 2.45) is 0 Å². The standard InChI is InChI=1S/C10H10FN3/c1-2-14-10(4-6-13-14)9-7-8(11)3-5-12-9/h3-7H,2H2,1H3. The van der Waals surface area contributed by atoms with Crippen LogP contribution in [-0.4, -0.2) is 14.8 Å². The molecule has 0 bridgehead atoms. The van der Waals surface area contributed by atoms with E-state index in [1.165, 1.54) is 18.3 Å².